The van der Waals surface area contributed by atoms with Crippen molar-refractivity contribution in [3.05, 3.63) is 72.4 Å². The molecule has 1 atom stereocenters. The van der Waals surface area contributed by atoms with Gasteiger partial charge in [-0.1, -0.05) is 55.5 Å². The zero-order chi connectivity index (χ0) is 18.4. The van der Waals surface area contributed by atoms with Crippen molar-refractivity contribution < 1.29 is 9.53 Å². The second kappa shape index (κ2) is 8.45. The number of rotatable bonds is 7. The lowest BCUT2D eigenvalue weighted by Crippen LogP contribution is -2.31. The van der Waals surface area contributed by atoms with Crippen molar-refractivity contribution in [1.29, 1.82) is 0 Å². The van der Waals surface area contributed by atoms with Gasteiger partial charge in [0.15, 0.2) is 0 Å². The number of hydrogen-bond acceptors (Lipinski definition) is 3. The minimum Gasteiger partial charge on any atom is -0.384 e. The maximum atomic E-state index is 12.8. The van der Waals surface area contributed by atoms with E-state index < -0.39 is 0 Å². The number of benzene rings is 2. The number of nitrogens with one attached hydrogen (secondary N) is 1. The Morgan fingerprint density at radius 1 is 1.12 bits per heavy atom. The molecule has 1 N–H and O–H groups in total. The summed E-state index contributed by atoms with van der Waals surface area (Å²) >= 11 is 0. The summed E-state index contributed by atoms with van der Waals surface area (Å²) in [6, 6.07) is 21.4. The average molecular weight is 349 g/mol. The van der Waals surface area contributed by atoms with Gasteiger partial charge in [0.1, 0.15) is 5.69 Å². The molecule has 0 aliphatic rings. The van der Waals surface area contributed by atoms with Crippen molar-refractivity contribution in [3.63, 3.8) is 0 Å². The Morgan fingerprint density at radius 2 is 1.77 bits per heavy atom. The molecule has 5 nitrogen and oxygen atoms in total. The molecule has 0 aliphatic carbocycles. The number of aromatic nitrogens is 2. The first kappa shape index (κ1) is 17.9. The first-order valence-corrected chi connectivity index (χ1v) is 8.67. The Hall–Kier alpha value is -2.92. The van der Waals surface area contributed by atoms with Gasteiger partial charge in [-0.3, -0.25) is 4.79 Å². The lowest BCUT2D eigenvalue weighted by Gasteiger charge is -2.12. The Labute approximate surface area is 153 Å². The third-order valence-corrected chi connectivity index (χ3v) is 4.07. The molecule has 0 fully saturated rings. The van der Waals surface area contributed by atoms with E-state index >= 15 is 0 Å². The highest BCUT2D eigenvalue weighted by molar-refractivity contribution is 5.94. The van der Waals surface area contributed by atoms with Gasteiger partial charge in [0.05, 0.1) is 18.0 Å². The minimum atomic E-state index is -0.147. The van der Waals surface area contributed by atoms with Gasteiger partial charge in [0.25, 0.3) is 5.91 Å². The van der Waals surface area contributed by atoms with E-state index in [2.05, 4.69) is 10.4 Å². The number of nitrogens with zero attached hydrogens (tertiary/aromatic N) is 2. The van der Waals surface area contributed by atoms with E-state index in [4.69, 9.17) is 4.74 Å². The molecule has 5 heteroatoms. The Kier molecular flexibility index (Phi) is 5.81. The zero-order valence-electron chi connectivity index (χ0n) is 15.1. The second-order valence-corrected chi connectivity index (χ2v) is 6.30. The molecule has 0 saturated carbocycles. The number of methoxy groups -OCH3 is 1. The van der Waals surface area contributed by atoms with Gasteiger partial charge in [0.2, 0.25) is 0 Å². The highest BCUT2D eigenvalue weighted by atomic mass is 16.5. The number of hydrogen-bond donors (Lipinski definition) is 1. The van der Waals surface area contributed by atoms with E-state index in [0.717, 1.165) is 16.9 Å². The fourth-order valence-electron chi connectivity index (χ4n) is 2.76. The zero-order valence-corrected chi connectivity index (χ0v) is 15.1. The lowest BCUT2D eigenvalue weighted by molar-refractivity contribution is 0.0926. The van der Waals surface area contributed by atoms with E-state index in [9.17, 15) is 4.79 Å². The van der Waals surface area contributed by atoms with Gasteiger partial charge in [-0.25, -0.2) is 4.68 Å². The molecule has 2 aromatic carbocycles. The Balaban J connectivity index is 1.92. The summed E-state index contributed by atoms with van der Waals surface area (Å²) in [7, 11) is 1.66. The van der Waals surface area contributed by atoms with Crippen LogP contribution in [0.15, 0.2) is 66.7 Å². The van der Waals surface area contributed by atoms with Crippen molar-refractivity contribution in [2.24, 2.45) is 5.92 Å². The van der Waals surface area contributed by atoms with Crippen LogP contribution >= 0.6 is 0 Å². The summed E-state index contributed by atoms with van der Waals surface area (Å²) in [5.41, 5.74) is 3.11. The van der Waals surface area contributed by atoms with Crippen LogP contribution < -0.4 is 5.32 Å². The van der Waals surface area contributed by atoms with Gasteiger partial charge in [-0.2, -0.15) is 5.10 Å². The second-order valence-electron chi connectivity index (χ2n) is 6.30. The average Bonchev–Trinajstić information content (AvgIpc) is 3.13. The third-order valence-electron chi connectivity index (χ3n) is 4.07. The van der Waals surface area contributed by atoms with Crippen LogP contribution in [-0.2, 0) is 4.74 Å². The molecule has 0 bridgehead atoms. The fraction of sp³-hybridized carbons (Fsp3) is 0.238. The van der Waals surface area contributed by atoms with E-state index in [-0.39, 0.29) is 11.8 Å². The molecule has 1 aromatic heterocycles. The Morgan fingerprint density at radius 3 is 2.42 bits per heavy atom. The van der Waals surface area contributed by atoms with Crippen molar-refractivity contribution in [2.75, 3.05) is 20.3 Å². The van der Waals surface area contributed by atoms with Gasteiger partial charge in [-0.05, 0) is 24.1 Å². The van der Waals surface area contributed by atoms with Crippen LogP contribution in [0.5, 0.6) is 0 Å². The molecule has 1 amide bonds. The van der Waals surface area contributed by atoms with Gasteiger partial charge >= 0.3 is 0 Å². The molecule has 1 heterocycles. The molecule has 26 heavy (non-hydrogen) atoms. The van der Waals surface area contributed by atoms with Gasteiger partial charge in [0, 0.05) is 19.2 Å². The number of ether oxygens (including phenoxy) is 1. The topological polar surface area (TPSA) is 56.1 Å². The van der Waals surface area contributed by atoms with E-state index in [1.165, 1.54) is 0 Å². The quantitative estimate of drug-likeness (QED) is 0.710. The number of para-hydroxylation sites is 1. The third kappa shape index (κ3) is 4.18. The van der Waals surface area contributed by atoms with Gasteiger partial charge in [-0.15, -0.1) is 0 Å². The smallest absolute Gasteiger partial charge is 0.270 e. The van der Waals surface area contributed by atoms with E-state index in [0.29, 0.717) is 18.8 Å². The molecular formula is C21H23N3O2. The predicted molar refractivity (Wildman–Crippen MR) is 102 cm³/mol. The van der Waals surface area contributed by atoms with Crippen molar-refractivity contribution in [1.82, 2.24) is 15.1 Å². The number of amides is 1. The highest BCUT2D eigenvalue weighted by Gasteiger charge is 2.18. The summed E-state index contributed by atoms with van der Waals surface area (Å²) in [5.74, 6) is 0.0946. The molecule has 0 saturated heterocycles. The summed E-state index contributed by atoms with van der Waals surface area (Å²) < 4.78 is 6.82. The predicted octanol–water partition coefficient (Wildman–Crippen LogP) is 3.55. The lowest BCUT2D eigenvalue weighted by atomic mass is 10.1. The maximum absolute atomic E-state index is 12.8. The first-order chi connectivity index (χ1) is 12.7. The molecular weight excluding hydrogens is 326 g/mol. The largest absolute Gasteiger partial charge is 0.384 e. The van der Waals surface area contributed by atoms with Gasteiger partial charge < -0.3 is 10.1 Å². The van der Waals surface area contributed by atoms with Crippen molar-refractivity contribution in [2.45, 2.75) is 6.92 Å². The van der Waals surface area contributed by atoms with E-state index in [1.807, 2.05) is 73.7 Å². The SMILES string of the molecule is COCC(C)CNC(=O)c1cc(-c2ccccc2)nn1-c1ccccc1. The molecule has 0 spiro atoms. The van der Waals surface area contributed by atoms with Crippen LogP contribution in [0, 0.1) is 5.92 Å². The van der Waals surface area contributed by atoms with Crippen LogP contribution in [0.1, 0.15) is 17.4 Å². The molecule has 0 radical (unpaired) electrons. The molecule has 0 aliphatic heterocycles. The summed E-state index contributed by atoms with van der Waals surface area (Å²) in [4.78, 5) is 12.8. The highest BCUT2D eigenvalue weighted by Crippen LogP contribution is 2.21. The fourth-order valence-corrected chi connectivity index (χ4v) is 2.76. The Bertz CT molecular complexity index is 844. The van der Waals surface area contributed by atoms with Crippen LogP contribution in [0.3, 0.4) is 0 Å². The summed E-state index contributed by atoms with van der Waals surface area (Å²) in [6.07, 6.45) is 0. The summed E-state index contributed by atoms with van der Waals surface area (Å²) in [6.45, 7) is 3.19. The number of carbonyl (C=O) groups excluding carboxylic acids is 1. The van der Waals surface area contributed by atoms with Crippen LogP contribution in [-0.4, -0.2) is 35.9 Å². The van der Waals surface area contributed by atoms with Crippen LogP contribution in [0.25, 0.3) is 16.9 Å². The van der Waals surface area contributed by atoms with Crippen molar-refractivity contribution in [3.8, 4) is 16.9 Å². The molecule has 3 aromatic rings. The number of carbonyl (C=O) groups is 1. The first-order valence-electron chi connectivity index (χ1n) is 8.67. The molecule has 134 valence electrons. The molecule has 3 rings (SSSR count). The van der Waals surface area contributed by atoms with Crippen LogP contribution in [0.2, 0.25) is 0 Å². The monoisotopic (exact) mass is 349 g/mol. The maximum Gasteiger partial charge on any atom is 0.270 e. The minimum absolute atomic E-state index is 0.147. The van der Waals surface area contributed by atoms with Crippen molar-refractivity contribution >= 4 is 5.91 Å². The standard InChI is InChI=1S/C21H23N3O2/c1-16(15-26-2)14-22-21(25)20-13-19(17-9-5-3-6-10-17)23-24(20)18-11-7-4-8-12-18/h3-13,16H,14-15H2,1-2H3,(H,22,25). The van der Waals surface area contributed by atoms with Crippen LogP contribution in [0.4, 0.5) is 0 Å². The normalized spacial score (nSPS) is 11.9. The summed E-state index contributed by atoms with van der Waals surface area (Å²) in [5, 5.41) is 7.65. The van der Waals surface area contributed by atoms with E-state index in [1.54, 1.807) is 11.8 Å². The molecule has 1 unspecified atom stereocenters.